The SMILES string of the molecule is CCOC(=O)/C(=C/c1ccc(F)cc1)Cc1c(C)[nH]c2ccccc12. The molecule has 3 nitrogen and oxygen atoms in total. The molecule has 0 atom stereocenters. The van der Waals surface area contributed by atoms with E-state index in [0.717, 1.165) is 27.7 Å². The molecule has 3 aromatic rings. The van der Waals surface area contributed by atoms with E-state index in [1.165, 1.54) is 12.1 Å². The molecule has 4 heteroatoms. The highest BCUT2D eigenvalue weighted by Crippen LogP contribution is 2.25. The monoisotopic (exact) mass is 337 g/mol. The third-order valence-corrected chi connectivity index (χ3v) is 4.14. The van der Waals surface area contributed by atoms with Crippen LogP contribution in [0.25, 0.3) is 17.0 Å². The van der Waals surface area contributed by atoms with E-state index >= 15 is 0 Å². The highest BCUT2D eigenvalue weighted by Gasteiger charge is 2.16. The molecule has 0 aliphatic rings. The van der Waals surface area contributed by atoms with E-state index < -0.39 is 0 Å². The molecule has 1 heterocycles. The molecule has 0 bridgehead atoms. The third-order valence-electron chi connectivity index (χ3n) is 4.14. The number of rotatable bonds is 5. The average Bonchev–Trinajstić information content (AvgIpc) is 2.92. The quantitative estimate of drug-likeness (QED) is 0.536. The van der Waals surface area contributed by atoms with Crippen LogP contribution in [0.4, 0.5) is 4.39 Å². The second-order valence-corrected chi connectivity index (χ2v) is 5.89. The summed E-state index contributed by atoms with van der Waals surface area (Å²) in [5.41, 5.74) is 4.44. The Bertz CT molecular complexity index is 923. The van der Waals surface area contributed by atoms with E-state index in [9.17, 15) is 9.18 Å². The lowest BCUT2D eigenvalue weighted by Crippen LogP contribution is -2.10. The molecule has 25 heavy (non-hydrogen) atoms. The van der Waals surface area contributed by atoms with E-state index in [0.29, 0.717) is 18.6 Å². The van der Waals surface area contributed by atoms with Crippen LogP contribution in [-0.2, 0) is 16.0 Å². The fraction of sp³-hybridized carbons (Fsp3) is 0.190. The minimum atomic E-state index is -0.350. The Morgan fingerprint density at radius 3 is 2.60 bits per heavy atom. The fourth-order valence-electron chi connectivity index (χ4n) is 2.92. The van der Waals surface area contributed by atoms with Crippen molar-refractivity contribution >= 4 is 22.9 Å². The van der Waals surface area contributed by atoms with Crippen molar-refractivity contribution < 1.29 is 13.9 Å². The number of H-pyrrole nitrogens is 1. The topological polar surface area (TPSA) is 42.1 Å². The van der Waals surface area contributed by atoms with Crippen molar-refractivity contribution in [2.24, 2.45) is 0 Å². The molecule has 0 amide bonds. The Balaban J connectivity index is 2.01. The standard InChI is InChI=1S/C21H20FNO2/c1-3-25-21(24)16(12-15-8-10-17(22)11-9-15)13-19-14(2)23-20-7-5-4-6-18(19)20/h4-12,23H,3,13H2,1-2H3/b16-12+. The van der Waals surface area contributed by atoms with Crippen LogP contribution in [0.2, 0.25) is 0 Å². The molecular weight excluding hydrogens is 317 g/mol. The van der Waals surface area contributed by atoms with Gasteiger partial charge in [0.25, 0.3) is 0 Å². The van der Waals surface area contributed by atoms with Crippen LogP contribution in [0.15, 0.2) is 54.1 Å². The first-order valence-electron chi connectivity index (χ1n) is 8.28. The molecule has 0 spiro atoms. The summed E-state index contributed by atoms with van der Waals surface area (Å²) in [5.74, 6) is -0.654. The third kappa shape index (κ3) is 3.79. The number of hydrogen-bond donors (Lipinski definition) is 1. The summed E-state index contributed by atoms with van der Waals surface area (Å²) in [7, 11) is 0. The van der Waals surface area contributed by atoms with Gasteiger partial charge in [0, 0.05) is 28.6 Å². The number of benzene rings is 2. The minimum Gasteiger partial charge on any atom is -0.463 e. The van der Waals surface area contributed by atoms with Crippen molar-refractivity contribution in [2.45, 2.75) is 20.3 Å². The summed E-state index contributed by atoms with van der Waals surface area (Å²) < 4.78 is 18.3. The number of halogens is 1. The van der Waals surface area contributed by atoms with E-state index in [1.807, 2.05) is 31.2 Å². The lowest BCUT2D eigenvalue weighted by Gasteiger charge is -2.08. The summed E-state index contributed by atoms with van der Waals surface area (Å²) in [5, 5.41) is 1.09. The molecule has 0 aliphatic carbocycles. The Morgan fingerprint density at radius 2 is 1.88 bits per heavy atom. The van der Waals surface area contributed by atoms with Crippen LogP contribution in [0.3, 0.4) is 0 Å². The average molecular weight is 337 g/mol. The highest BCUT2D eigenvalue weighted by molar-refractivity contribution is 5.95. The smallest absolute Gasteiger partial charge is 0.334 e. The Kier molecular flexibility index (Phi) is 4.98. The maximum absolute atomic E-state index is 13.1. The van der Waals surface area contributed by atoms with Crippen LogP contribution in [0.5, 0.6) is 0 Å². The number of nitrogens with one attached hydrogen (secondary N) is 1. The van der Waals surface area contributed by atoms with Gasteiger partial charge in [0.15, 0.2) is 0 Å². The number of para-hydroxylation sites is 1. The van der Waals surface area contributed by atoms with Gasteiger partial charge in [-0.2, -0.15) is 0 Å². The van der Waals surface area contributed by atoms with Crippen molar-refractivity contribution in [3.63, 3.8) is 0 Å². The van der Waals surface area contributed by atoms with Gasteiger partial charge in [-0.3, -0.25) is 0 Å². The zero-order valence-electron chi connectivity index (χ0n) is 14.3. The molecule has 1 aromatic heterocycles. The zero-order valence-corrected chi connectivity index (χ0v) is 14.3. The molecule has 2 aromatic carbocycles. The van der Waals surface area contributed by atoms with Gasteiger partial charge < -0.3 is 9.72 Å². The number of aryl methyl sites for hydroxylation is 1. The van der Waals surface area contributed by atoms with Gasteiger partial charge in [-0.15, -0.1) is 0 Å². The van der Waals surface area contributed by atoms with E-state index in [-0.39, 0.29) is 11.8 Å². The minimum absolute atomic E-state index is 0.303. The number of aromatic nitrogens is 1. The van der Waals surface area contributed by atoms with Gasteiger partial charge in [0.2, 0.25) is 0 Å². The van der Waals surface area contributed by atoms with E-state index in [4.69, 9.17) is 4.74 Å². The summed E-state index contributed by atoms with van der Waals surface area (Å²) in [6, 6.07) is 14.1. The summed E-state index contributed by atoms with van der Waals surface area (Å²) in [4.78, 5) is 15.8. The number of carbonyl (C=O) groups excluding carboxylic acids is 1. The fourth-order valence-corrected chi connectivity index (χ4v) is 2.92. The summed E-state index contributed by atoms with van der Waals surface area (Å²) in [6.07, 6.45) is 2.21. The van der Waals surface area contributed by atoms with Crippen molar-refractivity contribution in [2.75, 3.05) is 6.61 Å². The molecule has 0 unspecified atom stereocenters. The van der Waals surface area contributed by atoms with Crippen molar-refractivity contribution in [1.29, 1.82) is 0 Å². The number of hydrogen-bond acceptors (Lipinski definition) is 2. The Labute approximate surface area is 146 Å². The maximum Gasteiger partial charge on any atom is 0.334 e. The van der Waals surface area contributed by atoms with Crippen LogP contribution >= 0.6 is 0 Å². The van der Waals surface area contributed by atoms with E-state index in [2.05, 4.69) is 4.98 Å². The van der Waals surface area contributed by atoms with E-state index in [1.54, 1.807) is 25.1 Å². The first-order chi connectivity index (χ1) is 12.1. The van der Waals surface area contributed by atoms with Crippen LogP contribution in [-0.4, -0.2) is 17.6 Å². The second-order valence-electron chi connectivity index (χ2n) is 5.89. The van der Waals surface area contributed by atoms with Gasteiger partial charge in [-0.05, 0) is 49.2 Å². The van der Waals surface area contributed by atoms with Gasteiger partial charge >= 0.3 is 5.97 Å². The number of fused-ring (bicyclic) bond motifs is 1. The van der Waals surface area contributed by atoms with Crippen LogP contribution < -0.4 is 0 Å². The number of carbonyl (C=O) groups is 1. The largest absolute Gasteiger partial charge is 0.463 e. The molecule has 0 aliphatic heterocycles. The van der Waals surface area contributed by atoms with Crippen molar-refractivity contribution in [3.8, 4) is 0 Å². The molecule has 0 radical (unpaired) electrons. The van der Waals surface area contributed by atoms with Crippen molar-refractivity contribution in [1.82, 2.24) is 4.98 Å². The number of esters is 1. The Hall–Kier alpha value is -2.88. The highest BCUT2D eigenvalue weighted by atomic mass is 19.1. The lowest BCUT2D eigenvalue weighted by molar-refractivity contribution is -0.138. The second kappa shape index (κ2) is 7.34. The molecule has 3 rings (SSSR count). The molecule has 0 fully saturated rings. The number of ether oxygens (including phenoxy) is 1. The summed E-state index contributed by atoms with van der Waals surface area (Å²) in [6.45, 7) is 4.09. The predicted molar refractivity (Wildman–Crippen MR) is 97.7 cm³/mol. The molecular formula is C21H20FNO2. The lowest BCUT2D eigenvalue weighted by atomic mass is 10.00. The predicted octanol–water partition coefficient (Wildman–Crippen LogP) is 4.80. The first-order valence-corrected chi connectivity index (χ1v) is 8.28. The van der Waals surface area contributed by atoms with Gasteiger partial charge in [-0.25, -0.2) is 9.18 Å². The molecule has 0 saturated heterocycles. The number of aromatic amines is 1. The van der Waals surface area contributed by atoms with Crippen LogP contribution in [0, 0.1) is 12.7 Å². The van der Waals surface area contributed by atoms with Gasteiger partial charge in [-0.1, -0.05) is 30.3 Å². The molecule has 1 N–H and O–H groups in total. The van der Waals surface area contributed by atoms with Crippen LogP contribution in [0.1, 0.15) is 23.7 Å². The van der Waals surface area contributed by atoms with Crippen molar-refractivity contribution in [3.05, 3.63) is 76.7 Å². The summed E-state index contributed by atoms with van der Waals surface area (Å²) >= 11 is 0. The van der Waals surface area contributed by atoms with Gasteiger partial charge in [0.05, 0.1) is 6.61 Å². The first kappa shape index (κ1) is 17.0. The Morgan fingerprint density at radius 1 is 1.16 bits per heavy atom. The normalized spacial score (nSPS) is 11.7. The maximum atomic E-state index is 13.1. The van der Waals surface area contributed by atoms with Gasteiger partial charge in [0.1, 0.15) is 5.82 Å². The molecule has 128 valence electrons. The zero-order chi connectivity index (χ0) is 17.8. The molecule has 0 saturated carbocycles.